The summed E-state index contributed by atoms with van der Waals surface area (Å²) >= 11 is 0. The van der Waals surface area contributed by atoms with Crippen molar-refractivity contribution in [3.8, 4) is 11.3 Å². The van der Waals surface area contributed by atoms with E-state index in [4.69, 9.17) is 5.73 Å². The van der Waals surface area contributed by atoms with E-state index in [1.54, 1.807) is 24.3 Å². The predicted octanol–water partition coefficient (Wildman–Crippen LogP) is 0.907. The summed E-state index contributed by atoms with van der Waals surface area (Å²) in [6.07, 6.45) is 1.52. The maximum Gasteiger partial charge on any atom is 0.337 e. The molecule has 2 rings (SSSR count). The Morgan fingerprint density at radius 3 is 2.47 bits per heavy atom. The molecule has 0 bridgehead atoms. The molecule has 0 amide bonds. The minimum absolute atomic E-state index is 0.125. The third-order valence-corrected chi connectivity index (χ3v) is 2.18. The number of benzene rings is 1. The van der Waals surface area contributed by atoms with Gasteiger partial charge in [-0.05, 0) is 12.1 Å². The highest BCUT2D eigenvalue weighted by Crippen LogP contribution is 2.16. The Labute approximate surface area is 97.5 Å². The van der Waals surface area contributed by atoms with E-state index in [2.05, 4.69) is 19.9 Å². The third-order valence-electron chi connectivity index (χ3n) is 2.18. The van der Waals surface area contributed by atoms with Crippen LogP contribution in [0.3, 0.4) is 0 Å². The number of hydrogen-bond donors (Lipinski definition) is 1. The monoisotopic (exact) mass is 230 g/mol. The molecule has 2 N–H and O–H groups in total. The Morgan fingerprint density at radius 1 is 1.24 bits per heavy atom. The van der Waals surface area contributed by atoms with Crippen molar-refractivity contribution in [3.05, 3.63) is 36.0 Å². The van der Waals surface area contributed by atoms with Crippen molar-refractivity contribution in [1.29, 1.82) is 0 Å². The van der Waals surface area contributed by atoms with Crippen LogP contribution in [0.15, 0.2) is 30.5 Å². The zero-order valence-electron chi connectivity index (χ0n) is 9.12. The lowest BCUT2D eigenvalue weighted by molar-refractivity contribution is 0.0601. The average Bonchev–Trinajstić information content (AvgIpc) is 2.39. The van der Waals surface area contributed by atoms with Gasteiger partial charge in [0.2, 0.25) is 5.95 Å². The molecule has 86 valence electrons. The van der Waals surface area contributed by atoms with E-state index in [1.807, 2.05) is 0 Å². The summed E-state index contributed by atoms with van der Waals surface area (Å²) in [4.78, 5) is 15.1. The number of carbonyl (C=O) groups is 1. The SMILES string of the molecule is COC(=O)c1ccc(-c2cnc(N)nn2)cc1. The van der Waals surface area contributed by atoms with Crippen molar-refractivity contribution in [1.82, 2.24) is 15.2 Å². The quantitative estimate of drug-likeness (QED) is 0.771. The lowest BCUT2D eigenvalue weighted by atomic mass is 10.1. The molecule has 1 heterocycles. The molecule has 6 heteroatoms. The number of esters is 1. The Kier molecular flexibility index (Phi) is 2.95. The molecule has 0 aliphatic carbocycles. The largest absolute Gasteiger partial charge is 0.465 e. The first-order chi connectivity index (χ1) is 8.20. The van der Waals surface area contributed by atoms with Gasteiger partial charge in [-0.2, -0.15) is 0 Å². The molecule has 2 aromatic rings. The molecular weight excluding hydrogens is 220 g/mol. The Bertz CT molecular complexity index is 522. The fourth-order valence-corrected chi connectivity index (χ4v) is 1.31. The number of carbonyl (C=O) groups excluding carboxylic acids is 1. The first-order valence-corrected chi connectivity index (χ1v) is 4.84. The van der Waals surface area contributed by atoms with E-state index in [0.717, 1.165) is 5.56 Å². The van der Waals surface area contributed by atoms with Crippen LogP contribution < -0.4 is 5.73 Å². The van der Waals surface area contributed by atoms with Crippen molar-refractivity contribution in [2.24, 2.45) is 0 Å². The van der Waals surface area contributed by atoms with Gasteiger partial charge in [-0.3, -0.25) is 0 Å². The van der Waals surface area contributed by atoms with Crippen molar-refractivity contribution < 1.29 is 9.53 Å². The second-order valence-corrected chi connectivity index (χ2v) is 3.27. The molecule has 0 aliphatic heterocycles. The maximum absolute atomic E-state index is 11.2. The molecule has 0 radical (unpaired) electrons. The van der Waals surface area contributed by atoms with Gasteiger partial charge in [-0.15, -0.1) is 10.2 Å². The first kappa shape index (κ1) is 11.0. The van der Waals surface area contributed by atoms with Gasteiger partial charge in [0, 0.05) is 5.56 Å². The van der Waals surface area contributed by atoms with Crippen molar-refractivity contribution in [2.45, 2.75) is 0 Å². The standard InChI is InChI=1S/C11H10N4O2/c1-17-10(16)8-4-2-7(3-5-8)9-6-13-11(12)15-14-9/h2-6H,1H3,(H2,12,13,15). The van der Waals surface area contributed by atoms with Gasteiger partial charge < -0.3 is 10.5 Å². The number of anilines is 1. The van der Waals surface area contributed by atoms with Crippen LogP contribution in [0.5, 0.6) is 0 Å². The second-order valence-electron chi connectivity index (χ2n) is 3.27. The van der Waals surface area contributed by atoms with Crippen LogP contribution >= 0.6 is 0 Å². The summed E-state index contributed by atoms with van der Waals surface area (Å²) in [6.45, 7) is 0. The van der Waals surface area contributed by atoms with E-state index in [0.29, 0.717) is 11.3 Å². The number of nitrogens with zero attached hydrogens (tertiary/aromatic N) is 3. The number of ether oxygens (including phenoxy) is 1. The first-order valence-electron chi connectivity index (χ1n) is 4.84. The molecule has 0 fully saturated rings. The third kappa shape index (κ3) is 2.36. The number of rotatable bonds is 2. The van der Waals surface area contributed by atoms with Gasteiger partial charge in [0.1, 0.15) is 5.69 Å². The van der Waals surface area contributed by atoms with Crippen LogP contribution in [-0.2, 0) is 4.74 Å². The molecule has 1 aromatic carbocycles. The average molecular weight is 230 g/mol. The van der Waals surface area contributed by atoms with Crippen LogP contribution in [0.4, 0.5) is 5.95 Å². The van der Waals surface area contributed by atoms with Crippen molar-refractivity contribution >= 4 is 11.9 Å². The summed E-state index contributed by atoms with van der Waals surface area (Å²) in [5.41, 5.74) is 7.22. The number of nitrogen functional groups attached to an aromatic ring is 1. The van der Waals surface area contributed by atoms with Crippen molar-refractivity contribution in [3.63, 3.8) is 0 Å². The lowest BCUT2D eigenvalue weighted by Gasteiger charge is -2.01. The fourth-order valence-electron chi connectivity index (χ4n) is 1.31. The Morgan fingerprint density at radius 2 is 1.94 bits per heavy atom. The predicted molar refractivity (Wildman–Crippen MR) is 61.0 cm³/mol. The number of methoxy groups -OCH3 is 1. The Balaban J connectivity index is 2.29. The van der Waals surface area contributed by atoms with Crippen LogP contribution in [0.1, 0.15) is 10.4 Å². The topological polar surface area (TPSA) is 91.0 Å². The highest BCUT2D eigenvalue weighted by atomic mass is 16.5. The normalized spacial score (nSPS) is 9.94. The van der Waals surface area contributed by atoms with Gasteiger partial charge in [0.25, 0.3) is 0 Å². The Hall–Kier alpha value is -2.50. The summed E-state index contributed by atoms with van der Waals surface area (Å²) in [7, 11) is 1.34. The van der Waals surface area contributed by atoms with Gasteiger partial charge in [0.05, 0.1) is 18.9 Å². The fraction of sp³-hybridized carbons (Fsp3) is 0.0909. The molecule has 0 spiro atoms. The molecule has 0 atom stereocenters. The lowest BCUT2D eigenvalue weighted by Crippen LogP contribution is -2.01. The van der Waals surface area contributed by atoms with E-state index in [1.165, 1.54) is 13.3 Å². The van der Waals surface area contributed by atoms with Crippen molar-refractivity contribution in [2.75, 3.05) is 12.8 Å². The summed E-state index contributed by atoms with van der Waals surface area (Å²) < 4.78 is 4.60. The molecule has 0 unspecified atom stereocenters. The summed E-state index contributed by atoms with van der Waals surface area (Å²) in [6, 6.07) is 6.79. The number of aromatic nitrogens is 3. The smallest absolute Gasteiger partial charge is 0.337 e. The zero-order valence-corrected chi connectivity index (χ0v) is 9.12. The number of hydrogen-bond acceptors (Lipinski definition) is 6. The molecule has 0 aliphatic rings. The van der Waals surface area contributed by atoms with E-state index in [9.17, 15) is 4.79 Å². The van der Waals surface area contributed by atoms with Gasteiger partial charge in [0.15, 0.2) is 0 Å². The van der Waals surface area contributed by atoms with Gasteiger partial charge in [-0.1, -0.05) is 12.1 Å². The van der Waals surface area contributed by atoms with Gasteiger partial charge >= 0.3 is 5.97 Å². The zero-order chi connectivity index (χ0) is 12.3. The highest BCUT2D eigenvalue weighted by Gasteiger charge is 2.06. The summed E-state index contributed by atoms with van der Waals surface area (Å²) in [5.74, 6) is -0.252. The molecule has 1 aromatic heterocycles. The molecule has 0 saturated carbocycles. The van der Waals surface area contributed by atoms with Crippen LogP contribution in [0, 0.1) is 0 Å². The molecular formula is C11H10N4O2. The number of nitrogens with two attached hydrogens (primary N) is 1. The minimum atomic E-state index is -0.377. The summed E-state index contributed by atoms with van der Waals surface area (Å²) in [5, 5.41) is 7.54. The maximum atomic E-state index is 11.2. The van der Waals surface area contributed by atoms with E-state index < -0.39 is 0 Å². The minimum Gasteiger partial charge on any atom is -0.465 e. The highest BCUT2D eigenvalue weighted by molar-refractivity contribution is 5.89. The molecule has 6 nitrogen and oxygen atoms in total. The van der Waals surface area contributed by atoms with Crippen LogP contribution in [-0.4, -0.2) is 28.3 Å². The van der Waals surface area contributed by atoms with Crippen LogP contribution in [0.2, 0.25) is 0 Å². The van der Waals surface area contributed by atoms with Crippen LogP contribution in [0.25, 0.3) is 11.3 Å². The molecule has 17 heavy (non-hydrogen) atoms. The molecule has 0 saturated heterocycles. The van der Waals surface area contributed by atoms with E-state index >= 15 is 0 Å². The second kappa shape index (κ2) is 4.56. The van der Waals surface area contributed by atoms with E-state index in [-0.39, 0.29) is 11.9 Å². The van der Waals surface area contributed by atoms with Gasteiger partial charge in [-0.25, -0.2) is 9.78 Å².